The van der Waals surface area contributed by atoms with Gasteiger partial charge in [0.25, 0.3) is 0 Å². The Kier molecular flexibility index (Phi) is 3.28. The van der Waals surface area contributed by atoms with Crippen LogP contribution in [0.4, 0.5) is 0 Å². The molecule has 16 heavy (non-hydrogen) atoms. The number of hydrogen-bond acceptors (Lipinski definition) is 1. The highest BCUT2D eigenvalue weighted by Gasteiger charge is 2.31. The van der Waals surface area contributed by atoms with Gasteiger partial charge in [0.2, 0.25) is 0 Å². The SMILES string of the molecule is CCc1ccc(C2CC(CC(=O)O)C2)cc1. The highest BCUT2D eigenvalue weighted by Crippen LogP contribution is 2.43. The van der Waals surface area contributed by atoms with E-state index in [4.69, 9.17) is 5.11 Å². The quantitative estimate of drug-likeness (QED) is 0.842. The molecule has 1 N–H and O–H groups in total. The van der Waals surface area contributed by atoms with E-state index < -0.39 is 5.97 Å². The highest BCUT2D eigenvalue weighted by atomic mass is 16.4. The molecule has 0 aliphatic heterocycles. The fourth-order valence-corrected chi connectivity index (χ4v) is 2.45. The molecule has 0 unspecified atom stereocenters. The fourth-order valence-electron chi connectivity index (χ4n) is 2.45. The van der Waals surface area contributed by atoms with Crippen LogP contribution in [0, 0.1) is 5.92 Å². The molecule has 1 fully saturated rings. The van der Waals surface area contributed by atoms with Crippen LogP contribution in [-0.4, -0.2) is 11.1 Å². The standard InChI is InChI=1S/C14H18O2/c1-2-10-3-5-12(6-4-10)13-7-11(8-13)9-14(15)16/h3-6,11,13H,2,7-9H2,1H3,(H,15,16). The second-order valence-corrected chi connectivity index (χ2v) is 4.73. The normalized spacial score (nSPS) is 23.8. The summed E-state index contributed by atoms with van der Waals surface area (Å²) in [6.07, 6.45) is 3.49. The summed E-state index contributed by atoms with van der Waals surface area (Å²) in [4.78, 5) is 10.5. The number of carboxylic acid groups (broad SMARTS) is 1. The van der Waals surface area contributed by atoms with Gasteiger partial charge in [0.05, 0.1) is 0 Å². The molecule has 1 saturated carbocycles. The van der Waals surface area contributed by atoms with Crippen LogP contribution in [0.3, 0.4) is 0 Å². The number of aliphatic carboxylic acids is 1. The monoisotopic (exact) mass is 218 g/mol. The van der Waals surface area contributed by atoms with Gasteiger partial charge < -0.3 is 5.11 Å². The van der Waals surface area contributed by atoms with Gasteiger partial charge in [-0.25, -0.2) is 0 Å². The number of carbonyl (C=O) groups is 1. The smallest absolute Gasteiger partial charge is 0.303 e. The van der Waals surface area contributed by atoms with E-state index in [-0.39, 0.29) is 0 Å². The molecular weight excluding hydrogens is 200 g/mol. The van der Waals surface area contributed by atoms with Crippen molar-refractivity contribution in [1.29, 1.82) is 0 Å². The summed E-state index contributed by atoms with van der Waals surface area (Å²) >= 11 is 0. The van der Waals surface area contributed by atoms with Crippen molar-refractivity contribution >= 4 is 5.97 Å². The van der Waals surface area contributed by atoms with Crippen LogP contribution >= 0.6 is 0 Å². The molecular formula is C14H18O2. The minimum atomic E-state index is -0.662. The van der Waals surface area contributed by atoms with Crippen molar-refractivity contribution < 1.29 is 9.90 Å². The van der Waals surface area contributed by atoms with Crippen molar-refractivity contribution in [2.24, 2.45) is 5.92 Å². The van der Waals surface area contributed by atoms with Crippen molar-refractivity contribution in [1.82, 2.24) is 0 Å². The summed E-state index contributed by atoms with van der Waals surface area (Å²) < 4.78 is 0. The Labute approximate surface area is 96.3 Å². The van der Waals surface area contributed by atoms with Gasteiger partial charge in [-0.1, -0.05) is 31.2 Å². The van der Waals surface area contributed by atoms with Crippen LogP contribution in [-0.2, 0) is 11.2 Å². The summed E-state index contributed by atoms with van der Waals surface area (Å²) in [5.41, 5.74) is 2.74. The molecule has 0 bridgehead atoms. The molecule has 0 heterocycles. The molecule has 0 aromatic heterocycles. The van der Waals surface area contributed by atoms with E-state index in [9.17, 15) is 4.79 Å². The Hall–Kier alpha value is -1.31. The van der Waals surface area contributed by atoms with Crippen molar-refractivity contribution in [3.05, 3.63) is 35.4 Å². The van der Waals surface area contributed by atoms with Crippen molar-refractivity contribution in [3.8, 4) is 0 Å². The molecule has 1 aliphatic rings. The molecule has 86 valence electrons. The largest absolute Gasteiger partial charge is 0.481 e. The van der Waals surface area contributed by atoms with Crippen LogP contribution < -0.4 is 0 Å². The van der Waals surface area contributed by atoms with E-state index in [1.165, 1.54) is 11.1 Å². The Balaban J connectivity index is 1.88. The molecule has 2 rings (SSSR count). The average Bonchev–Trinajstić information content (AvgIpc) is 2.23. The number of hydrogen-bond donors (Lipinski definition) is 1. The van der Waals surface area contributed by atoms with E-state index in [1.807, 2.05) is 0 Å². The van der Waals surface area contributed by atoms with Crippen LogP contribution in [0.25, 0.3) is 0 Å². The molecule has 0 amide bonds. The number of rotatable bonds is 4. The third-order valence-electron chi connectivity index (χ3n) is 3.56. The van der Waals surface area contributed by atoms with Gasteiger partial charge in [-0.3, -0.25) is 4.79 Å². The molecule has 0 radical (unpaired) electrons. The Morgan fingerprint density at radius 1 is 1.31 bits per heavy atom. The van der Waals surface area contributed by atoms with E-state index >= 15 is 0 Å². The lowest BCUT2D eigenvalue weighted by molar-refractivity contribution is -0.138. The lowest BCUT2D eigenvalue weighted by Crippen LogP contribution is -2.24. The van der Waals surface area contributed by atoms with E-state index in [1.54, 1.807) is 0 Å². The molecule has 0 atom stereocenters. The maximum absolute atomic E-state index is 10.5. The third-order valence-corrected chi connectivity index (χ3v) is 3.56. The van der Waals surface area contributed by atoms with Crippen LogP contribution in [0.1, 0.15) is 43.2 Å². The van der Waals surface area contributed by atoms with E-state index in [2.05, 4.69) is 31.2 Å². The summed E-state index contributed by atoms with van der Waals surface area (Å²) in [5.74, 6) is 0.327. The van der Waals surface area contributed by atoms with Crippen molar-refractivity contribution in [2.45, 2.75) is 38.5 Å². The Morgan fingerprint density at radius 3 is 2.44 bits per heavy atom. The zero-order valence-electron chi connectivity index (χ0n) is 9.65. The molecule has 1 aromatic rings. The first-order valence-corrected chi connectivity index (χ1v) is 5.99. The third kappa shape index (κ3) is 2.43. The number of aryl methyl sites for hydroxylation is 1. The fraction of sp³-hybridized carbons (Fsp3) is 0.500. The van der Waals surface area contributed by atoms with E-state index in [0.29, 0.717) is 18.3 Å². The molecule has 2 nitrogen and oxygen atoms in total. The second kappa shape index (κ2) is 4.69. The van der Waals surface area contributed by atoms with Crippen LogP contribution in [0.15, 0.2) is 24.3 Å². The lowest BCUT2D eigenvalue weighted by atomic mass is 9.70. The average molecular weight is 218 g/mol. The topological polar surface area (TPSA) is 37.3 Å². The summed E-state index contributed by atoms with van der Waals surface area (Å²) in [6, 6.07) is 8.75. The highest BCUT2D eigenvalue weighted by molar-refractivity contribution is 5.67. The van der Waals surface area contributed by atoms with Gasteiger partial charge >= 0.3 is 5.97 Å². The maximum Gasteiger partial charge on any atom is 0.303 e. The number of benzene rings is 1. The summed E-state index contributed by atoms with van der Waals surface area (Å²) in [7, 11) is 0. The van der Waals surface area contributed by atoms with Crippen LogP contribution in [0.2, 0.25) is 0 Å². The van der Waals surface area contributed by atoms with Crippen molar-refractivity contribution in [3.63, 3.8) is 0 Å². The molecule has 2 heteroatoms. The first-order chi connectivity index (χ1) is 7.69. The summed E-state index contributed by atoms with van der Waals surface area (Å²) in [5, 5.41) is 8.67. The van der Waals surface area contributed by atoms with Gasteiger partial charge in [0, 0.05) is 6.42 Å². The first-order valence-electron chi connectivity index (χ1n) is 5.99. The van der Waals surface area contributed by atoms with Gasteiger partial charge in [-0.15, -0.1) is 0 Å². The zero-order valence-corrected chi connectivity index (χ0v) is 9.65. The predicted molar refractivity (Wildman–Crippen MR) is 63.5 cm³/mol. The van der Waals surface area contributed by atoms with Crippen molar-refractivity contribution in [2.75, 3.05) is 0 Å². The van der Waals surface area contributed by atoms with Gasteiger partial charge in [0.1, 0.15) is 0 Å². The Morgan fingerprint density at radius 2 is 1.94 bits per heavy atom. The first kappa shape index (κ1) is 11.2. The zero-order chi connectivity index (χ0) is 11.5. The van der Waals surface area contributed by atoms with E-state index in [0.717, 1.165) is 19.3 Å². The van der Waals surface area contributed by atoms with Gasteiger partial charge in [-0.05, 0) is 42.2 Å². The maximum atomic E-state index is 10.5. The second-order valence-electron chi connectivity index (χ2n) is 4.73. The molecule has 0 spiro atoms. The summed E-state index contributed by atoms with van der Waals surface area (Å²) in [6.45, 7) is 2.15. The lowest BCUT2D eigenvalue weighted by Gasteiger charge is -2.34. The molecule has 1 aromatic carbocycles. The molecule has 1 aliphatic carbocycles. The number of carboxylic acids is 1. The van der Waals surface area contributed by atoms with Crippen LogP contribution in [0.5, 0.6) is 0 Å². The van der Waals surface area contributed by atoms with Gasteiger partial charge in [0.15, 0.2) is 0 Å². The van der Waals surface area contributed by atoms with Gasteiger partial charge in [-0.2, -0.15) is 0 Å². The Bertz CT molecular complexity index is 361. The predicted octanol–water partition coefficient (Wildman–Crippen LogP) is 3.22. The minimum absolute atomic E-state index is 0.337. The minimum Gasteiger partial charge on any atom is -0.481 e. The molecule has 0 saturated heterocycles.